The second kappa shape index (κ2) is 5.77. The molecule has 3 aromatic rings. The predicted molar refractivity (Wildman–Crippen MR) is 94.2 cm³/mol. The zero-order chi connectivity index (χ0) is 15.6. The summed E-state index contributed by atoms with van der Waals surface area (Å²) in [6.07, 6.45) is 2.05. The molecule has 1 atom stereocenters. The fourth-order valence-electron chi connectivity index (χ4n) is 3.47. The molecule has 0 bridgehead atoms. The highest BCUT2D eigenvalue weighted by Gasteiger charge is 2.32. The fourth-order valence-corrected chi connectivity index (χ4v) is 3.47. The molecule has 3 aromatic carbocycles. The summed E-state index contributed by atoms with van der Waals surface area (Å²) < 4.78 is 6.10. The highest BCUT2D eigenvalue weighted by atomic mass is 16.5. The predicted octanol–water partition coefficient (Wildman–Crippen LogP) is 5.89. The Balaban J connectivity index is 1.92. The molecule has 0 N–H and O–H groups in total. The van der Waals surface area contributed by atoms with Crippen LogP contribution < -0.4 is 4.74 Å². The highest BCUT2D eigenvalue weighted by molar-refractivity contribution is 5.56. The van der Waals surface area contributed by atoms with Crippen LogP contribution in [0.5, 0.6) is 11.5 Å². The third kappa shape index (κ3) is 2.35. The summed E-state index contributed by atoms with van der Waals surface area (Å²) in [5, 5.41) is 0. The Morgan fingerprint density at radius 3 is 1.83 bits per heavy atom. The zero-order valence-corrected chi connectivity index (χ0v) is 12.9. The molecule has 0 aromatic heterocycles. The van der Waals surface area contributed by atoms with Crippen molar-refractivity contribution >= 4 is 0 Å². The second-order valence-corrected chi connectivity index (χ2v) is 5.83. The highest BCUT2D eigenvalue weighted by Crippen LogP contribution is 2.50. The fraction of sp³-hybridized carbons (Fsp3) is 0.0909. The Bertz CT molecular complexity index is 790. The number of hydrogen-bond donors (Lipinski definition) is 0. The molecule has 1 nitrogen and oxygen atoms in total. The van der Waals surface area contributed by atoms with Gasteiger partial charge >= 0.3 is 0 Å². The van der Waals surface area contributed by atoms with E-state index in [1.807, 2.05) is 24.3 Å². The molecule has 1 unspecified atom stereocenters. The molecule has 0 aliphatic carbocycles. The van der Waals surface area contributed by atoms with E-state index in [1.54, 1.807) is 0 Å². The number of ether oxygens (including phenoxy) is 1. The molecular weight excluding hydrogens is 280 g/mol. The van der Waals surface area contributed by atoms with Crippen molar-refractivity contribution in [3.63, 3.8) is 0 Å². The third-order valence-corrected chi connectivity index (χ3v) is 4.53. The van der Waals surface area contributed by atoms with Crippen LogP contribution in [0.1, 0.15) is 28.5 Å². The molecule has 0 amide bonds. The largest absolute Gasteiger partial charge is 0.457 e. The summed E-state index contributed by atoms with van der Waals surface area (Å²) >= 11 is 0. The number of benzene rings is 3. The Labute approximate surface area is 136 Å². The molecule has 4 rings (SSSR count). The van der Waals surface area contributed by atoms with Crippen LogP contribution in [0, 0.1) is 0 Å². The van der Waals surface area contributed by atoms with Gasteiger partial charge in [0.05, 0.1) is 0 Å². The Morgan fingerprint density at radius 2 is 1.26 bits per heavy atom. The van der Waals surface area contributed by atoms with Crippen LogP contribution in [0.3, 0.4) is 0 Å². The van der Waals surface area contributed by atoms with Crippen LogP contribution in [0.15, 0.2) is 91.5 Å². The van der Waals surface area contributed by atoms with Gasteiger partial charge in [-0.15, -0.1) is 6.58 Å². The van der Waals surface area contributed by atoms with Gasteiger partial charge < -0.3 is 4.74 Å². The average molecular weight is 298 g/mol. The average Bonchev–Trinajstić information content (AvgIpc) is 2.62. The standard InChI is InChI=1S/C22H18O/c1-2-17(16-10-4-3-5-11-16)22-18-12-6-8-14-20(18)23-21-15-9-7-13-19(21)22/h2-15,17,22H,1H2. The minimum Gasteiger partial charge on any atom is -0.457 e. The zero-order valence-electron chi connectivity index (χ0n) is 12.9. The van der Waals surface area contributed by atoms with Crippen molar-refractivity contribution < 1.29 is 4.74 Å². The molecule has 1 heterocycles. The lowest BCUT2D eigenvalue weighted by molar-refractivity contribution is 0.439. The van der Waals surface area contributed by atoms with E-state index in [-0.39, 0.29) is 11.8 Å². The van der Waals surface area contributed by atoms with Crippen molar-refractivity contribution in [2.45, 2.75) is 11.8 Å². The summed E-state index contributed by atoms with van der Waals surface area (Å²) in [6, 6.07) is 27.2. The normalized spacial score (nSPS) is 14.3. The van der Waals surface area contributed by atoms with E-state index in [4.69, 9.17) is 4.74 Å². The first-order valence-electron chi connectivity index (χ1n) is 7.91. The maximum Gasteiger partial charge on any atom is 0.131 e. The summed E-state index contributed by atoms with van der Waals surface area (Å²) in [6.45, 7) is 4.12. The summed E-state index contributed by atoms with van der Waals surface area (Å²) in [5.41, 5.74) is 3.72. The van der Waals surface area contributed by atoms with Gasteiger partial charge in [0.25, 0.3) is 0 Å². The molecule has 0 saturated carbocycles. The van der Waals surface area contributed by atoms with Gasteiger partial charge in [-0.25, -0.2) is 0 Å². The first kappa shape index (κ1) is 13.8. The molecule has 0 saturated heterocycles. The van der Waals surface area contributed by atoms with Crippen molar-refractivity contribution in [1.82, 2.24) is 0 Å². The molecule has 1 aliphatic heterocycles. The van der Waals surface area contributed by atoms with E-state index in [0.717, 1.165) is 11.5 Å². The van der Waals surface area contributed by atoms with Gasteiger partial charge in [-0.2, -0.15) is 0 Å². The van der Waals surface area contributed by atoms with Crippen molar-refractivity contribution in [2.24, 2.45) is 0 Å². The van der Waals surface area contributed by atoms with Crippen LogP contribution in [-0.2, 0) is 0 Å². The van der Waals surface area contributed by atoms with Crippen molar-refractivity contribution in [1.29, 1.82) is 0 Å². The quantitative estimate of drug-likeness (QED) is 0.547. The monoisotopic (exact) mass is 298 g/mol. The van der Waals surface area contributed by atoms with Crippen LogP contribution in [0.2, 0.25) is 0 Å². The lowest BCUT2D eigenvalue weighted by Crippen LogP contribution is -2.16. The topological polar surface area (TPSA) is 9.23 Å². The smallest absolute Gasteiger partial charge is 0.131 e. The van der Waals surface area contributed by atoms with Gasteiger partial charge in [-0.05, 0) is 17.7 Å². The lowest BCUT2D eigenvalue weighted by Gasteiger charge is -2.32. The van der Waals surface area contributed by atoms with E-state index < -0.39 is 0 Å². The number of para-hydroxylation sites is 2. The molecule has 1 aliphatic rings. The number of allylic oxidation sites excluding steroid dienone is 1. The molecule has 23 heavy (non-hydrogen) atoms. The van der Waals surface area contributed by atoms with Gasteiger partial charge in [0, 0.05) is 23.0 Å². The maximum atomic E-state index is 6.10. The summed E-state index contributed by atoms with van der Waals surface area (Å²) in [5.74, 6) is 2.32. The van der Waals surface area contributed by atoms with Gasteiger partial charge in [0.2, 0.25) is 0 Å². The Morgan fingerprint density at radius 1 is 0.739 bits per heavy atom. The Kier molecular flexibility index (Phi) is 3.47. The number of rotatable bonds is 3. The van der Waals surface area contributed by atoms with Gasteiger partial charge in [-0.1, -0.05) is 72.8 Å². The van der Waals surface area contributed by atoms with E-state index in [0.29, 0.717) is 0 Å². The van der Waals surface area contributed by atoms with Gasteiger partial charge in [0.15, 0.2) is 0 Å². The molecule has 0 spiro atoms. The molecule has 0 radical (unpaired) electrons. The minimum absolute atomic E-state index is 0.211. The van der Waals surface area contributed by atoms with Crippen LogP contribution in [-0.4, -0.2) is 0 Å². The minimum atomic E-state index is 0.211. The van der Waals surface area contributed by atoms with Gasteiger partial charge in [-0.3, -0.25) is 0 Å². The molecule has 0 fully saturated rings. The first-order valence-corrected chi connectivity index (χ1v) is 7.91. The SMILES string of the molecule is C=CC(c1ccccc1)C1c2ccccc2Oc2ccccc21. The molecule has 1 heteroatoms. The first-order chi connectivity index (χ1) is 11.4. The molecule has 112 valence electrons. The van der Waals surface area contributed by atoms with E-state index in [1.165, 1.54) is 16.7 Å². The number of hydrogen-bond acceptors (Lipinski definition) is 1. The Hall–Kier alpha value is -2.80. The van der Waals surface area contributed by atoms with Crippen LogP contribution >= 0.6 is 0 Å². The van der Waals surface area contributed by atoms with E-state index >= 15 is 0 Å². The van der Waals surface area contributed by atoms with Crippen molar-refractivity contribution in [3.05, 3.63) is 108 Å². The van der Waals surface area contributed by atoms with E-state index in [9.17, 15) is 0 Å². The van der Waals surface area contributed by atoms with Gasteiger partial charge in [0.1, 0.15) is 11.5 Å². The van der Waals surface area contributed by atoms with Crippen LogP contribution in [0.25, 0.3) is 0 Å². The van der Waals surface area contributed by atoms with Crippen molar-refractivity contribution in [3.8, 4) is 11.5 Å². The number of fused-ring (bicyclic) bond motifs is 2. The molecular formula is C22H18O. The lowest BCUT2D eigenvalue weighted by atomic mass is 9.75. The van der Waals surface area contributed by atoms with Crippen molar-refractivity contribution in [2.75, 3.05) is 0 Å². The van der Waals surface area contributed by atoms with Crippen LogP contribution in [0.4, 0.5) is 0 Å². The van der Waals surface area contributed by atoms with E-state index in [2.05, 4.69) is 67.3 Å². The third-order valence-electron chi connectivity index (χ3n) is 4.53. The summed E-state index contributed by atoms with van der Waals surface area (Å²) in [4.78, 5) is 0. The second-order valence-electron chi connectivity index (χ2n) is 5.83. The summed E-state index contributed by atoms with van der Waals surface area (Å²) in [7, 11) is 0. The maximum absolute atomic E-state index is 6.10.